The van der Waals surface area contributed by atoms with Gasteiger partial charge in [0.1, 0.15) is 12.4 Å². The normalized spacial score (nSPS) is 14.4. The third kappa shape index (κ3) is 5.12. The van der Waals surface area contributed by atoms with Gasteiger partial charge in [-0.15, -0.1) is 6.58 Å². The van der Waals surface area contributed by atoms with Crippen LogP contribution >= 0.6 is 0 Å². The Kier molecular flexibility index (Phi) is 7.75. The van der Waals surface area contributed by atoms with Crippen LogP contribution in [0.15, 0.2) is 61.2 Å². The van der Waals surface area contributed by atoms with Gasteiger partial charge in [-0.3, -0.25) is 4.90 Å². The van der Waals surface area contributed by atoms with Gasteiger partial charge in [0.15, 0.2) is 0 Å². The summed E-state index contributed by atoms with van der Waals surface area (Å²) in [5, 5.41) is 2.90. The lowest BCUT2D eigenvalue weighted by atomic mass is 10.0. The number of carbonyl (C=O) groups excluding carboxylic acids is 1. The quantitative estimate of drug-likeness (QED) is 0.548. The molecule has 138 valence electrons. The predicted molar refractivity (Wildman–Crippen MR) is 110 cm³/mol. The summed E-state index contributed by atoms with van der Waals surface area (Å²) in [6, 6.07) is 5.95. The van der Waals surface area contributed by atoms with E-state index in [0.717, 1.165) is 29.8 Å². The monoisotopic (exact) mass is 352 g/mol. The predicted octanol–water partition coefficient (Wildman–Crippen LogP) is 5.10. The summed E-state index contributed by atoms with van der Waals surface area (Å²) in [6.07, 6.45) is 13.7. The molecule has 1 aromatic rings. The van der Waals surface area contributed by atoms with Gasteiger partial charge in [0.05, 0.1) is 12.2 Å². The smallest absolute Gasteiger partial charge is 0.322 e. The van der Waals surface area contributed by atoms with Gasteiger partial charge in [-0.25, -0.2) is 4.79 Å². The molecular weight excluding hydrogens is 324 g/mol. The minimum Gasteiger partial charge on any atom is -0.490 e. The van der Waals surface area contributed by atoms with Crippen LogP contribution in [0.25, 0.3) is 5.57 Å². The molecular formula is C22H28N2O2. The van der Waals surface area contributed by atoms with Crippen LogP contribution in [0.1, 0.15) is 32.3 Å². The summed E-state index contributed by atoms with van der Waals surface area (Å²) in [4.78, 5) is 14.2. The molecule has 4 nitrogen and oxygen atoms in total. The molecule has 1 heterocycles. The molecule has 4 heteroatoms. The Hall–Kier alpha value is -2.75. The number of amides is 2. The van der Waals surface area contributed by atoms with Gasteiger partial charge in [-0.2, -0.15) is 0 Å². The summed E-state index contributed by atoms with van der Waals surface area (Å²) in [6.45, 7) is 9.36. The van der Waals surface area contributed by atoms with Gasteiger partial charge in [-0.05, 0) is 43.0 Å². The number of hydrogen-bond donors (Lipinski definition) is 1. The van der Waals surface area contributed by atoms with Crippen molar-refractivity contribution >= 4 is 17.3 Å². The first-order valence-corrected chi connectivity index (χ1v) is 9.11. The third-order valence-electron chi connectivity index (χ3n) is 4.16. The van der Waals surface area contributed by atoms with Crippen molar-refractivity contribution in [3.05, 3.63) is 66.8 Å². The van der Waals surface area contributed by atoms with E-state index in [9.17, 15) is 4.79 Å². The molecule has 1 aromatic carbocycles. The Morgan fingerprint density at radius 3 is 2.96 bits per heavy atom. The molecule has 0 saturated carbocycles. The fourth-order valence-corrected chi connectivity index (χ4v) is 2.77. The number of nitrogens with zero attached hydrogens (tertiary/aromatic N) is 1. The molecule has 0 fully saturated rings. The zero-order valence-electron chi connectivity index (χ0n) is 15.7. The van der Waals surface area contributed by atoms with E-state index in [1.54, 1.807) is 4.90 Å². The van der Waals surface area contributed by atoms with Crippen LogP contribution < -0.4 is 15.0 Å². The Labute approximate surface area is 156 Å². The van der Waals surface area contributed by atoms with E-state index in [0.29, 0.717) is 19.7 Å². The summed E-state index contributed by atoms with van der Waals surface area (Å²) in [5.74, 6) is 0.754. The average Bonchev–Trinajstić information content (AvgIpc) is 2.67. The molecule has 0 atom stereocenters. The lowest BCUT2D eigenvalue weighted by Crippen LogP contribution is -2.44. The summed E-state index contributed by atoms with van der Waals surface area (Å²) >= 11 is 0. The maximum atomic E-state index is 12.4. The maximum Gasteiger partial charge on any atom is 0.322 e. The summed E-state index contributed by atoms with van der Waals surface area (Å²) in [5.41, 5.74) is 3.16. The number of hydrogen-bond acceptors (Lipinski definition) is 2. The Balaban J connectivity index is 2.20. The number of rotatable bonds is 7. The van der Waals surface area contributed by atoms with Crippen molar-refractivity contribution in [1.82, 2.24) is 5.32 Å². The lowest BCUT2D eigenvalue weighted by Gasteiger charge is -2.30. The van der Waals surface area contributed by atoms with E-state index in [2.05, 4.69) is 43.1 Å². The highest BCUT2D eigenvalue weighted by Crippen LogP contribution is 2.35. The van der Waals surface area contributed by atoms with Crippen molar-refractivity contribution in [1.29, 1.82) is 0 Å². The topological polar surface area (TPSA) is 41.6 Å². The minimum atomic E-state index is -0.0981. The molecule has 0 bridgehead atoms. The molecule has 26 heavy (non-hydrogen) atoms. The number of ether oxygens (including phenoxy) is 1. The van der Waals surface area contributed by atoms with Crippen LogP contribution in [-0.4, -0.2) is 25.7 Å². The highest BCUT2D eigenvalue weighted by Gasteiger charge is 2.23. The van der Waals surface area contributed by atoms with Crippen molar-refractivity contribution in [3.63, 3.8) is 0 Å². The van der Waals surface area contributed by atoms with Crippen LogP contribution in [0.3, 0.4) is 0 Å². The molecule has 0 aromatic heterocycles. The van der Waals surface area contributed by atoms with Crippen molar-refractivity contribution in [2.24, 2.45) is 0 Å². The zero-order chi connectivity index (χ0) is 18.8. The van der Waals surface area contributed by atoms with Crippen LogP contribution in [0, 0.1) is 0 Å². The zero-order valence-corrected chi connectivity index (χ0v) is 15.7. The van der Waals surface area contributed by atoms with Gasteiger partial charge < -0.3 is 10.1 Å². The van der Waals surface area contributed by atoms with Gasteiger partial charge in [0.25, 0.3) is 0 Å². The number of carbonyl (C=O) groups is 1. The van der Waals surface area contributed by atoms with Crippen molar-refractivity contribution in [2.45, 2.75) is 26.7 Å². The van der Waals surface area contributed by atoms with E-state index in [1.165, 1.54) is 5.57 Å². The Morgan fingerprint density at radius 2 is 2.23 bits per heavy atom. The molecule has 0 radical (unpaired) electrons. The number of nitrogens with one attached hydrogen (secondary N) is 1. The van der Waals surface area contributed by atoms with Crippen LogP contribution in [0.5, 0.6) is 5.75 Å². The van der Waals surface area contributed by atoms with Gasteiger partial charge in [-0.1, -0.05) is 49.4 Å². The van der Waals surface area contributed by atoms with Crippen molar-refractivity contribution in [3.8, 4) is 5.75 Å². The number of allylic oxidation sites excluding steroid dienone is 6. The number of benzene rings is 1. The second-order valence-corrected chi connectivity index (χ2v) is 5.94. The maximum absolute atomic E-state index is 12.4. The van der Waals surface area contributed by atoms with E-state index in [1.807, 2.05) is 37.3 Å². The highest BCUT2D eigenvalue weighted by atomic mass is 16.5. The molecule has 1 N–H and O–H groups in total. The van der Waals surface area contributed by atoms with Crippen LogP contribution in [-0.2, 0) is 0 Å². The molecule has 1 aliphatic heterocycles. The van der Waals surface area contributed by atoms with E-state index in [4.69, 9.17) is 4.74 Å². The van der Waals surface area contributed by atoms with Crippen molar-refractivity contribution < 1.29 is 9.53 Å². The highest BCUT2D eigenvalue weighted by molar-refractivity contribution is 5.94. The van der Waals surface area contributed by atoms with E-state index in [-0.39, 0.29) is 6.03 Å². The third-order valence-corrected chi connectivity index (χ3v) is 4.16. The molecule has 1 aliphatic rings. The summed E-state index contributed by atoms with van der Waals surface area (Å²) in [7, 11) is 0. The first-order valence-electron chi connectivity index (χ1n) is 9.11. The SMILES string of the molecule is C=CCC=C/C=C(\CC)c1ccc2c(c1)OCCN2C(=O)NC/C=C\C. The molecule has 0 spiro atoms. The van der Waals surface area contributed by atoms with Gasteiger partial charge in [0.2, 0.25) is 0 Å². The fourth-order valence-electron chi connectivity index (χ4n) is 2.77. The number of fused-ring (bicyclic) bond motifs is 1. The number of anilines is 1. The van der Waals surface area contributed by atoms with E-state index >= 15 is 0 Å². The van der Waals surface area contributed by atoms with Crippen LogP contribution in [0.4, 0.5) is 10.5 Å². The van der Waals surface area contributed by atoms with Gasteiger partial charge in [0, 0.05) is 6.54 Å². The first-order chi connectivity index (χ1) is 12.7. The lowest BCUT2D eigenvalue weighted by molar-refractivity contribution is 0.241. The largest absolute Gasteiger partial charge is 0.490 e. The van der Waals surface area contributed by atoms with Crippen molar-refractivity contribution in [2.75, 3.05) is 24.6 Å². The molecule has 0 aliphatic carbocycles. The number of urea groups is 1. The first kappa shape index (κ1) is 19.6. The van der Waals surface area contributed by atoms with E-state index < -0.39 is 0 Å². The molecule has 2 rings (SSSR count). The average molecular weight is 352 g/mol. The second kappa shape index (κ2) is 10.3. The summed E-state index contributed by atoms with van der Waals surface area (Å²) < 4.78 is 5.81. The molecule has 0 unspecified atom stereocenters. The Bertz CT molecular complexity index is 717. The van der Waals surface area contributed by atoms with Gasteiger partial charge >= 0.3 is 6.03 Å². The Morgan fingerprint density at radius 1 is 1.38 bits per heavy atom. The molecule has 2 amide bonds. The standard InChI is InChI=1S/C22H28N2O2/c1-4-7-9-10-11-18(6-3)19-12-13-20-21(17-19)26-16-15-24(20)22(25)23-14-8-5-2/h4-5,8-13,17H,1,6-7,14-16H2,2-3H3,(H,23,25)/b8-5-,10-9?,18-11+. The van der Waals surface area contributed by atoms with Crippen LogP contribution in [0.2, 0.25) is 0 Å². The second-order valence-electron chi connectivity index (χ2n) is 5.94. The fraction of sp³-hybridized carbons (Fsp3) is 0.318. The molecule has 0 saturated heterocycles. The minimum absolute atomic E-state index is 0.0981.